The summed E-state index contributed by atoms with van der Waals surface area (Å²) < 4.78 is 0. The minimum atomic E-state index is 0.238. The maximum absolute atomic E-state index is 12.3. The topological polar surface area (TPSA) is 59.2 Å². The lowest BCUT2D eigenvalue weighted by molar-refractivity contribution is -0.132. The molecule has 1 saturated heterocycles. The van der Waals surface area contributed by atoms with Gasteiger partial charge in [0.2, 0.25) is 5.91 Å². The molecule has 0 saturated carbocycles. The van der Waals surface area contributed by atoms with Crippen LogP contribution in [0.5, 0.6) is 0 Å². The van der Waals surface area contributed by atoms with Crippen molar-refractivity contribution >= 4 is 17.2 Å². The first kappa shape index (κ1) is 16.4. The van der Waals surface area contributed by atoms with Crippen LogP contribution in [-0.4, -0.2) is 35.4 Å². The Morgan fingerprint density at radius 2 is 2.33 bits per heavy atom. The van der Waals surface area contributed by atoms with Gasteiger partial charge in [-0.25, -0.2) is 4.98 Å². The van der Waals surface area contributed by atoms with Gasteiger partial charge in [-0.1, -0.05) is 13.3 Å². The van der Waals surface area contributed by atoms with Crippen molar-refractivity contribution in [2.75, 3.05) is 19.6 Å². The number of aryl methyl sites for hydroxylation is 1. The Hall–Kier alpha value is -0.940. The molecule has 1 fully saturated rings. The van der Waals surface area contributed by atoms with Gasteiger partial charge in [0.25, 0.3) is 0 Å². The molecule has 1 aromatic heterocycles. The first-order chi connectivity index (χ1) is 10.2. The second kappa shape index (κ2) is 8.49. The number of piperidine rings is 1. The van der Waals surface area contributed by atoms with E-state index in [4.69, 9.17) is 5.73 Å². The van der Waals surface area contributed by atoms with Crippen molar-refractivity contribution in [3.8, 4) is 0 Å². The molecule has 0 spiro atoms. The summed E-state index contributed by atoms with van der Waals surface area (Å²) in [7, 11) is 0. The lowest BCUT2D eigenvalue weighted by Crippen LogP contribution is -2.39. The predicted molar refractivity (Wildman–Crippen MR) is 87.4 cm³/mol. The van der Waals surface area contributed by atoms with Crippen molar-refractivity contribution in [3.05, 3.63) is 16.1 Å². The van der Waals surface area contributed by atoms with Crippen LogP contribution in [0.15, 0.2) is 5.38 Å². The monoisotopic (exact) mass is 309 g/mol. The van der Waals surface area contributed by atoms with Gasteiger partial charge in [-0.15, -0.1) is 11.3 Å². The van der Waals surface area contributed by atoms with E-state index >= 15 is 0 Å². The summed E-state index contributed by atoms with van der Waals surface area (Å²) >= 11 is 1.68. The molecule has 1 atom stereocenters. The van der Waals surface area contributed by atoms with Gasteiger partial charge in [0.15, 0.2) is 0 Å². The van der Waals surface area contributed by atoms with Gasteiger partial charge in [0, 0.05) is 18.5 Å². The number of carbonyl (C=O) groups excluding carboxylic acids is 1. The molecule has 4 nitrogen and oxygen atoms in total. The number of hydrogen-bond acceptors (Lipinski definition) is 4. The van der Waals surface area contributed by atoms with Crippen LogP contribution in [0.1, 0.15) is 49.7 Å². The Labute approximate surface area is 131 Å². The van der Waals surface area contributed by atoms with Crippen molar-refractivity contribution in [3.63, 3.8) is 0 Å². The highest BCUT2D eigenvalue weighted by Crippen LogP contribution is 2.18. The van der Waals surface area contributed by atoms with E-state index in [2.05, 4.69) is 11.9 Å². The Kier molecular flexibility index (Phi) is 6.64. The maximum Gasteiger partial charge on any atom is 0.228 e. The quantitative estimate of drug-likeness (QED) is 0.788. The predicted octanol–water partition coefficient (Wildman–Crippen LogP) is 2.62. The molecule has 118 valence electrons. The minimum absolute atomic E-state index is 0.238. The molecule has 2 N–H and O–H groups in total. The number of thiazole rings is 1. The second-order valence-electron chi connectivity index (χ2n) is 6.10. The standard InChI is InChI=1S/C16H27N3OS/c1-13-6-5-9-19(11-13)16(20)10-14-12-21-15(18-14)7-3-2-4-8-17/h12-13H,2-11,17H2,1H3. The summed E-state index contributed by atoms with van der Waals surface area (Å²) in [6.07, 6.45) is 7.25. The maximum atomic E-state index is 12.3. The first-order valence-corrected chi connectivity index (χ1v) is 8.98. The van der Waals surface area contributed by atoms with Gasteiger partial charge in [0.05, 0.1) is 17.1 Å². The Balaban J connectivity index is 1.77. The van der Waals surface area contributed by atoms with Crippen LogP contribution in [0.25, 0.3) is 0 Å². The van der Waals surface area contributed by atoms with E-state index in [0.717, 1.165) is 62.4 Å². The summed E-state index contributed by atoms with van der Waals surface area (Å²) in [4.78, 5) is 18.9. The van der Waals surface area contributed by atoms with Crippen LogP contribution in [0.3, 0.4) is 0 Å². The highest BCUT2D eigenvalue weighted by atomic mass is 32.1. The number of nitrogens with two attached hydrogens (primary N) is 1. The number of likely N-dealkylation sites (tertiary alicyclic amines) is 1. The molecule has 2 heterocycles. The van der Waals surface area contributed by atoms with Crippen LogP contribution in [0, 0.1) is 5.92 Å². The average molecular weight is 309 g/mol. The third kappa shape index (κ3) is 5.40. The molecule has 1 unspecified atom stereocenters. The fourth-order valence-electron chi connectivity index (χ4n) is 2.82. The Bertz CT molecular complexity index is 446. The summed E-state index contributed by atoms with van der Waals surface area (Å²) in [5, 5.41) is 3.20. The van der Waals surface area contributed by atoms with E-state index in [-0.39, 0.29) is 5.91 Å². The summed E-state index contributed by atoms with van der Waals surface area (Å²) in [5.74, 6) is 0.873. The number of nitrogens with zero attached hydrogens (tertiary/aromatic N) is 2. The molecule has 0 aliphatic carbocycles. The van der Waals surface area contributed by atoms with E-state index in [1.54, 1.807) is 11.3 Å². The number of aromatic nitrogens is 1. The number of amides is 1. The zero-order chi connectivity index (χ0) is 15.1. The second-order valence-corrected chi connectivity index (χ2v) is 7.04. The Morgan fingerprint density at radius 3 is 3.10 bits per heavy atom. The van der Waals surface area contributed by atoms with Gasteiger partial charge in [-0.2, -0.15) is 0 Å². The lowest BCUT2D eigenvalue weighted by Gasteiger charge is -2.30. The smallest absolute Gasteiger partial charge is 0.228 e. The zero-order valence-electron chi connectivity index (χ0n) is 13.0. The highest BCUT2D eigenvalue weighted by Gasteiger charge is 2.21. The summed E-state index contributed by atoms with van der Waals surface area (Å²) in [6, 6.07) is 0. The van der Waals surface area contributed by atoms with Crippen LogP contribution in [0.4, 0.5) is 0 Å². The average Bonchev–Trinajstić information content (AvgIpc) is 2.91. The molecule has 1 aliphatic rings. The number of carbonyl (C=O) groups is 1. The third-order valence-electron chi connectivity index (χ3n) is 4.04. The van der Waals surface area contributed by atoms with Crippen LogP contribution in [0.2, 0.25) is 0 Å². The SMILES string of the molecule is CC1CCCN(C(=O)Cc2csc(CCCCCN)n2)C1. The van der Waals surface area contributed by atoms with Crippen molar-refractivity contribution in [1.29, 1.82) is 0 Å². The van der Waals surface area contributed by atoms with E-state index < -0.39 is 0 Å². The van der Waals surface area contributed by atoms with Gasteiger partial charge < -0.3 is 10.6 Å². The molecule has 5 heteroatoms. The zero-order valence-corrected chi connectivity index (χ0v) is 13.8. The fraction of sp³-hybridized carbons (Fsp3) is 0.750. The van der Waals surface area contributed by atoms with Crippen molar-refractivity contribution in [2.45, 2.75) is 51.9 Å². The molecule has 0 radical (unpaired) electrons. The third-order valence-corrected chi connectivity index (χ3v) is 4.99. The van der Waals surface area contributed by atoms with Crippen LogP contribution in [-0.2, 0) is 17.6 Å². The summed E-state index contributed by atoms with van der Waals surface area (Å²) in [5.41, 5.74) is 6.43. The Morgan fingerprint density at radius 1 is 1.48 bits per heavy atom. The molecule has 1 aliphatic heterocycles. The van der Waals surface area contributed by atoms with Crippen molar-refractivity contribution in [1.82, 2.24) is 9.88 Å². The van der Waals surface area contributed by atoms with Crippen LogP contribution < -0.4 is 5.73 Å². The fourth-order valence-corrected chi connectivity index (χ4v) is 3.67. The number of hydrogen-bond donors (Lipinski definition) is 1. The van der Waals surface area contributed by atoms with Gasteiger partial charge in [-0.05, 0) is 44.6 Å². The first-order valence-electron chi connectivity index (χ1n) is 8.10. The molecule has 21 heavy (non-hydrogen) atoms. The molecule has 0 bridgehead atoms. The molecular weight excluding hydrogens is 282 g/mol. The number of unbranched alkanes of at least 4 members (excludes halogenated alkanes) is 2. The van der Waals surface area contributed by atoms with Crippen LogP contribution >= 0.6 is 11.3 Å². The normalized spacial score (nSPS) is 19.0. The van der Waals surface area contributed by atoms with Gasteiger partial charge in [0.1, 0.15) is 0 Å². The van der Waals surface area contributed by atoms with Gasteiger partial charge >= 0.3 is 0 Å². The highest BCUT2D eigenvalue weighted by molar-refractivity contribution is 7.09. The van der Waals surface area contributed by atoms with E-state index in [0.29, 0.717) is 12.3 Å². The lowest BCUT2D eigenvalue weighted by atomic mass is 10.00. The molecular formula is C16H27N3OS. The van der Waals surface area contributed by atoms with E-state index in [9.17, 15) is 4.79 Å². The van der Waals surface area contributed by atoms with Crippen molar-refractivity contribution in [2.24, 2.45) is 11.7 Å². The molecule has 0 aromatic carbocycles. The molecule has 2 rings (SSSR count). The van der Waals surface area contributed by atoms with E-state index in [1.807, 2.05) is 10.3 Å². The van der Waals surface area contributed by atoms with Crippen molar-refractivity contribution < 1.29 is 4.79 Å². The molecule has 1 aromatic rings. The number of rotatable bonds is 7. The summed E-state index contributed by atoms with van der Waals surface area (Å²) in [6.45, 7) is 4.82. The minimum Gasteiger partial charge on any atom is -0.342 e. The van der Waals surface area contributed by atoms with E-state index in [1.165, 1.54) is 6.42 Å². The van der Waals surface area contributed by atoms with Gasteiger partial charge in [-0.3, -0.25) is 4.79 Å². The molecule has 1 amide bonds. The largest absolute Gasteiger partial charge is 0.342 e.